The second kappa shape index (κ2) is 6.72. The largest absolute Gasteiger partial charge is 0.385 e. The third kappa shape index (κ3) is 3.82. The Hall–Kier alpha value is -1.88. The van der Waals surface area contributed by atoms with Gasteiger partial charge in [0.1, 0.15) is 0 Å². The zero-order chi connectivity index (χ0) is 15.4. The first-order chi connectivity index (χ1) is 10.0. The lowest BCUT2D eigenvalue weighted by Gasteiger charge is -2.13. The van der Waals surface area contributed by atoms with Crippen LogP contribution >= 0.6 is 15.9 Å². The molecule has 2 aromatic rings. The second-order valence-corrected chi connectivity index (χ2v) is 5.73. The van der Waals surface area contributed by atoms with Crippen molar-refractivity contribution in [3.63, 3.8) is 0 Å². The molecular formula is C16H18BrN3O. The van der Waals surface area contributed by atoms with Crippen LogP contribution in [0.15, 0.2) is 34.9 Å². The lowest BCUT2D eigenvalue weighted by molar-refractivity contribution is 0.102. The summed E-state index contributed by atoms with van der Waals surface area (Å²) < 4.78 is 0.989. The summed E-state index contributed by atoms with van der Waals surface area (Å²) in [6, 6.07) is 7.63. The van der Waals surface area contributed by atoms with E-state index in [9.17, 15) is 4.79 Å². The van der Waals surface area contributed by atoms with Gasteiger partial charge in [-0.3, -0.25) is 9.78 Å². The van der Waals surface area contributed by atoms with E-state index >= 15 is 0 Å². The maximum Gasteiger partial charge on any atom is 0.259 e. The highest BCUT2D eigenvalue weighted by Gasteiger charge is 2.13. The fourth-order valence-corrected chi connectivity index (χ4v) is 2.51. The third-order valence-electron chi connectivity index (χ3n) is 3.09. The normalized spacial score (nSPS) is 10.3. The van der Waals surface area contributed by atoms with Gasteiger partial charge >= 0.3 is 0 Å². The van der Waals surface area contributed by atoms with E-state index < -0.39 is 0 Å². The number of amides is 1. The van der Waals surface area contributed by atoms with Crippen LogP contribution in [0.3, 0.4) is 0 Å². The number of pyridine rings is 1. The number of benzene rings is 1. The highest BCUT2D eigenvalue weighted by atomic mass is 79.9. The summed E-state index contributed by atoms with van der Waals surface area (Å²) in [5, 5.41) is 6.13. The van der Waals surface area contributed by atoms with Crippen LogP contribution in [-0.2, 0) is 0 Å². The Balaban J connectivity index is 2.28. The number of carbonyl (C=O) groups excluding carboxylic acids is 1. The molecule has 1 heterocycles. The first kappa shape index (κ1) is 15.5. The summed E-state index contributed by atoms with van der Waals surface area (Å²) in [5.74, 6) is -0.163. The van der Waals surface area contributed by atoms with Crippen LogP contribution in [0, 0.1) is 13.8 Å². The smallest absolute Gasteiger partial charge is 0.259 e. The molecule has 0 aliphatic carbocycles. The molecular weight excluding hydrogens is 330 g/mol. The number of aromatic nitrogens is 1. The molecule has 0 bridgehead atoms. The fourth-order valence-electron chi connectivity index (χ4n) is 2.03. The number of aryl methyl sites for hydroxylation is 2. The molecule has 1 amide bonds. The standard InChI is InChI=1S/C16H18BrN3O/c1-4-18-15-8-11(3)19-9-13(15)16(21)20-14-6-5-12(17)7-10(14)2/h5-9H,4H2,1-3H3,(H,18,19)(H,20,21). The molecule has 0 saturated heterocycles. The van der Waals surface area contributed by atoms with Gasteiger partial charge in [-0.15, -0.1) is 0 Å². The van der Waals surface area contributed by atoms with E-state index in [1.807, 2.05) is 45.0 Å². The molecule has 4 nitrogen and oxygen atoms in total. The Morgan fingerprint density at radius 3 is 2.67 bits per heavy atom. The van der Waals surface area contributed by atoms with Gasteiger partial charge in [0.15, 0.2) is 0 Å². The van der Waals surface area contributed by atoms with Crippen LogP contribution in [0.25, 0.3) is 0 Å². The highest BCUT2D eigenvalue weighted by molar-refractivity contribution is 9.10. The van der Waals surface area contributed by atoms with E-state index in [0.29, 0.717) is 5.56 Å². The van der Waals surface area contributed by atoms with Gasteiger partial charge < -0.3 is 10.6 Å². The lowest BCUT2D eigenvalue weighted by atomic mass is 10.1. The van der Waals surface area contributed by atoms with Crippen molar-refractivity contribution in [3.05, 3.63) is 51.8 Å². The van der Waals surface area contributed by atoms with Crippen molar-refractivity contribution < 1.29 is 4.79 Å². The Bertz CT molecular complexity index is 671. The number of anilines is 2. The summed E-state index contributed by atoms with van der Waals surface area (Å²) in [6.07, 6.45) is 1.61. The van der Waals surface area contributed by atoms with Gasteiger partial charge in [-0.25, -0.2) is 0 Å². The zero-order valence-electron chi connectivity index (χ0n) is 12.3. The van der Waals surface area contributed by atoms with Crippen molar-refractivity contribution in [2.24, 2.45) is 0 Å². The van der Waals surface area contributed by atoms with Gasteiger partial charge in [-0.1, -0.05) is 15.9 Å². The molecule has 0 aliphatic heterocycles. The van der Waals surface area contributed by atoms with E-state index in [1.165, 1.54) is 0 Å². The Morgan fingerprint density at radius 1 is 1.24 bits per heavy atom. The van der Waals surface area contributed by atoms with Crippen LogP contribution < -0.4 is 10.6 Å². The SMILES string of the molecule is CCNc1cc(C)ncc1C(=O)Nc1ccc(Br)cc1C. The van der Waals surface area contributed by atoms with E-state index in [1.54, 1.807) is 6.20 Å². The summed E-state index contributed by atoms with van der Waals surface area (Å²) >= 11 is 3.41. The first-order valence-electron chi connectivity index (χ1n) is 6.79. The molecule has 0 unspecified atom stereocenters. The molecule has 0 fully saturated rings. The maximum atomic E-state index is 12.5. The predicted octanol–water partition coefficient (Wildman–Crippen LogP) is 4.15. The van der Waals surface area contributed by atoms with E-state index in [4.69, 9.17) is 0 Å². The highest BCUT2D eigenvalue weighted by Crippen LogP contribution is 2.22. The van der Waals surface area contributed by atoms with Crippen molar-refractivity contribution in [2.75, 3.05) is 17.2 Å². The zero-order valence-corrected chi connectivity index (χ0v) is 13.9. The number of carbonyl (C=O) groups is 1. The molecule has 0 saturated carbocycles. The third-order valence-corrected chi connectivity index (χ3v) is 3.58. The van der Waals surface area contributed by atoms with Gasteiger partial charge in [-0.05, 0) is 50.6 Å². The molecule has 0 spiro atoms. The number of nitrogens with one attached hydrogen (secondary N) is 2. The molecule has 0 radical (unpaired) electrons. The van der Waals surface area contributed by atoms with E-state index in [0.717, 1.165) is 33.6 Å². The van der Waals surface area contributed by atoms with Crippen molar-refractivity contribution in [1.29, 1.82) is 0 Å². The molecule has 110 valence electrons. The fraction of sp³-hybridized carbons (Fsp3) is 0.250. The second-order valence-electron chi connectivity index (χ2n) is 4.81. The minimum absolute atomic E-state index is 0.163. The Morgan fingerprint density at radius 2 is 2.00 bits per heavy atom. The number of hydrogen-bond acceptors (Lipinski definition) is 3. The van der Waals surface area contributed by atoms with Crippen LogP contribution in [0.4, 0.5) is 11.4 Å². The van der Waals surface area contributed by atoms with Crippen LogP contribution in [-0.4, -0.2) is 17.4 Å². The van der Waals surface area contributed by atoms with E-state index in [2.05, 4.69) is 31.5 Å². The van der Waals surface area contributed by atoms with Crippen molar-refractivity contribution in [1.82, 2.24) is 4.98 Å². The summed E-state index contributed by atoms with van der Waals surface area (Å²) in [7, 11) is 0. The minimum atomic E-state index is -0.163. The number of halogens is 1. The Kier molecular flexibility index (Phi) is 4.96. The van der Waals surface area contributed by atoms with Crippen molar-refractivity contribution in [2.45, 2.75) is 20.8 Å². The topological polar surface area (TPSA) is 54.0 Å². The van der Waals surface area contributed by atoms with Crippen molar-refractivity contribution in [3.8, 4) is 0 Å². The first-order valence-corrected chi connectivity index (χ1v) is 7.58. The van der Waals surface area contributed by atoms with Gasteiger partial charge in [0, 0.05) is 28.6 Å². The number of rotatable bonds is 4. The molecule has 1 aromatic carbocycles. The van der Waals surface area contributed by atoms with E-state index in [-0.39, 0.29) is 5.91 Å². The minimum Gasteiger partial charge on any atom is -0.385 e. The summed E-state index contributed by atoms with van der Waals surface area (Å²) in [5.41, 5.74) is 4.03. The van der Waals surface area contributed by atoms with Crippen LogP contribution in [0.1, 0.15) is 28.5 Å². The summed E-state index contributed by atoms with van der Waals surface area (Å²) in [6.45, 7) is 6.61. The molecule has 0 atom stereocenters. The average Bonchev–Trinajstić information content (AvgIpc) is 2.42. The Labute approximate surface area is 133 Å². The molecule has 1 aromatic heterocycles. The predicted molar refractivity (Wildman–Crippen MR) is 90.0 cm³/mol. The van der Waals surface area contributed by atoms with Crippen LogP contribution in [0.5, 0.6) is 0 Å². The molecule has 2 rings (SSSR count). The quantitative estimate of drug-likeness (QED) is 0.873. The van der Waals surface area contributed by atoms with Gasteiger partial charge in [0.25, 0.3) is 5.91 Å². The average molecular weight is 348 g/mol. The molecule has 0 aliphatic rings. The number of nitrogens with zero attached hydrogens (tertiary/aromatic N) is 1. The van der Waals surface area contributed by atoms with Crippen LogP contribution in [0.2, 0.25) is 0 Å². The number of hydrogen-bond donors (Lipinski definition) is 2. The van der Waals surface area contributed by atoms with Gasteiger partial charge in [0.2, 0.25) is 0 Å². The monoisotopic (exact) mass is 347 g/mol. The van der Waals surface area contributed by atoms with Crippen molar-refractivity contribution >= 4 is 33.2 Å². The van der Waals surface area contributed by atoms with Gasteiger partial charge in [0.05, 0.1) is 11.3 Å². The molecule has 5 heteroatoms. The molecule has 2 N–H and O–H groups in total. The molecule has 21 heavy (non-hydrogen) atoms. The maximum absolute atomic E-state index is 12.5. The lowest BCUT2D eigenvalue weighted by Crippen LogP contribution is -2.16. The van der Waals surface area contributed by atoms with Gasteiger partial charge in [-0.2, -0.15) is 0 Å². The summed E-state index contributed by atoms with van der Waals surface area (Å²) in [4.78, 5) is 16.7.